The summed E-state index contributed by atoms with van der Waals surface area (Å²) in [5.74, 6) is -1.21. The van der Waals surface area contributed by atoms with Gasteiger partial charge in [0.2, 0.25) is 5.60 Å². The molecule has 0 radical (unpaired) electrons. The quantitative estimate of drug-likeness (QED) is 0.719. The molecule has 2 saturated heterocycles. The van der Waals surface area contributed by atoms with Gasteiger partial charge in [-0.1, -0.05) is 19.1 Å². The summed E-state index contributed by atoms with van der Waals surface area (Å²) in [7, 11) is 3.25. The Kier molecular flexibility index (Phi) is 4.71. The first kappa shape index (κ1) is 21.7. The van der Waals surface area contributed by atoms with E-state index in [-0.39, 0.29) is 6.04 Å². The highest BCUT2D eigenvalue weighted by atomic mass is 16.6. The van der Waals surface area contributed by atoms with E-state index in [2.05, 4.69) is 36.9 Å². The number of ether oxygens (including phenoxy) is 2. The van der Waals surface area contributed by atoms with Gasteiger partial charge in [0.25, 0.3) is 0 Å². The van der Waals surface area contributed by atoms with Gasteiger partial charge < -0.3 is 19.5 Å². The van der Waals surface area contributed by atoms with Crippen LogP contribution in [0.4, 0.5) is 5.69 Å². The number of methoxy groups -OCH3 is 1. The summed E-state index contributed by atoms with van der Waals surface area (Å²) in [4.78, 5) is 30.4. The maximum Gasteiger partial charge on any atom is 0.344 e. The van der Waals surface area contributed by atoms with Crippen LogP contribution < -0.4 is 4.90 Å². The third-order valence-corrected chi connectivity index (χ3v) is 9.00. The Balaban J connectivity index is 1.86. The fourth-order valence-electron chi connectivity index (χ4n) is 8.17. The van der Waals surface area contributed by atoms with Gasteiger partial charge in [0.15, 0.2) is 6.10 Å². The van der Waals surface area contributed by atoms with Crippen molar-refractivity contribution in [3.63, 3.8) is 0 Å². The number of esters is 2. The van der Waals surface area contributed by atoms with Gasteiger partial charge in [0.05, 0.1) is 13.2 Å². The fraction of sp³-hybridized carbons (Fsp3) is 0.680. The number of nitrogens with zero attached hydrogens (tertiary/aromatic N) is 2. The third kappa shape index (κ3) is 2.34. The number of rotatable bonds is 3. The van der Waals surface area contributed by atoms with Crippen LogP contribution in [-0.2, 0) is 24.5 Å². The number of aryl methyl sites for hydroxylation is 1. The van der Waals surface area contributed by atoms with Crippen molar-refractivity contribution in [2.75, 3.05) is 32.1 Å². The summed E-state index contributed by atoms with van der Waals surface area (Å²) in [5.41, 5.74) is 0.372. The molecule has 7 nitrogen and oxygen atoms in total. The molecular weight excluding hydrogens is 408 g/mol. The molecular formula is C25H34N2O5. The van der Waals surface area contributed by atoms with Crippen molar-refractivity contribution in [2.45, 2.75) is 75.7 Å². The van der Waals surface area contributed by atoms with E-state index in [1.807, 2.05) is 11.9 Å². The van der Waals surface area contributed by atoms with E-state index < -0.39 is 40.5 Å². The molecule has 0 aromatic heterocycles. The molecule has 1 N–H and O–H groups in total. The van der Waals surface area contributed by atoms with Crippen LogP contribution in [0.15, 0.2) is 18.2 Å². The Morgan fingerprint density at radius 2 is 1.97 bits per heavy atom. The number of carbonyl (C=O) groups excluding carboxylic acids is 2. The zero-order chi connectivity index (χ0) is 23.1. The molecule has 1 aromatic rings. The summed E-state index contributed by atoms with van der Waals surface area (Å²) in [6, 6.07) is 5.93. The van der Waals surface area contributed by atoms with Gasteiger partial charge in [0, 0.05) is 36.5 Å². The molecule has 0 bridgehead atoms. The van der Waals surface area contributed by atoms with Crippen molar-refractivity contribution in [1.29, 1.82) is 0 Å². The standard InChI is InChI=1S/C25H34N2O5/c1-6-23-10-7-12-27-13-11-24(19(23)27)17-9-8-15(2)14-18(17)26(4)20(24)25(30,22(29)31-5)21(23)32-16(3)28/h8-9,14,19-21,30H,6-7,10-13H2,1-5H3/t19-,20?,21+,23+,24+,25?/m0/s1. The maximum absolute atomic E-state index is 13.5. The zero-order valence-electron chi connectivity index (χ0n) is 19.7. The number of hydrogen-bond donors (Lipinski definition) is 1. The monoisotopic (exact) mass is 442 g/mol. The molecule has 1 aromatic carbocycles. The van der Waals surface area contributed by atoms with Crippen LogP contribution in [0.5, 0.6) is 0 Å². The van der Waals surface area contributed by atoms with Gasteiger partial charge in [-0.3, -0.25) is 9.69 Å². The predicted molar refractivity (Wildman–Crippen MR) is 120 cm³/mol. The summed E-state index contributed by atoms with van der Waals surface area (Å²) < 4.78 is 11.2. The van der Waals surface area contributed by atoms with Crippen LogP contribution in [-0.4, -0.2) is 73.0 Å². The first-order valence-corrected chi connectivity index (χ1v) is 11.7. The van der Waals surface area contributed by atoms with Gasteiger partial charge >= 0.3 is 11.9 Å². The summed E-state index contributed by atoms with van der Waals surface area (Å²) in [5, 5.41) is 12.5. The lowest BCUT2D eigenvalue weighted by atomic mass is 9.46. The van der Waals surface area contributed by atoms with Gasteiger partial charge in [-0.2, -0.15) is 0 Å². The lowest BCUT2D eigenvalue weighted by Gasteiger charge is -2.65. The zero-order valence-corrected chi connectivity index (χ0v) is 19.7. The number of carbonyl (C=O) groups is 2. The van der Waals surface area contributed by atoms with Crippen molar-refractivity contribution < 1.29 is 24.2 Å². The minimum absolute atomic E-state index is 0.0689. The lowest BCUT2D eigenvalue weighted by molar-refractivity contribution is -0.242. The Hall–Kier alpha value is -2.12. The number of hydrogen-bond acceptors (Lipinski definition) is 7. The minimum atomic E-state index is -1.98. The van der Waals surface area contributed by atoms with Crippen LogP contribution in [0.1, 0.15) is 50.7 Å². The Morgan fingerprint density at radius 1 is 1.22 bits per heavy atom. The van der Waals surface area contributed by atoms with Gasteiger partial charge in [-0.25, -0.2) is 4.79 Å². The molecule has 7 heteroatoms. The maximum atomic E-state index is 13.5. The van der Waals surface area contributed by atoms with Crippen LogP contribution in [0.25, 0.3) is 0 Å². The molecule has 5 rings (SSSR count). The minimum Gasteiger partial charge on any atom is -0.467 e. The molecule has 174 valence electrons. The van der Waals surface area contributed by atoms with Crippen LogP contribution in [0, 0.1) is 12.3 Å². The second-order valence-electron chi connectivity index (χ2n) is 10.3. The van der Waals surface area contributed by atoms with Gasteiger partial charge in [-0.15, -0.1) is 0 Å². The average Bonchev–Trinajstić information content (AvgIpc) is 3.27. The number of aliphatic hydroxyl groups is 1. The molecule has 2 unspecified atom stereocenters. The SMILES string of the molecule is CC[C@]12CCCN3CC[C@@]4(c5ccc(C)cc5N(C)C4C(O)(C(=O)OC)[C@@H]1OC(C)=O)[C@@H]32. The van der Waals surface area contributed by atoms with E-state index >= 15 is 0 Å². The molecule has 4 aliphatic rings. The van der Waals surface area contributed by atoms with Crippen LogP contribution in [0.3, 0.4) is 0 Å². The van der Waals surface area contributed by atoms with E-state index in [0.717, 1.165) is 43.6 Å². The number of piperidine rings is 1. The van der Waals surface area contributed by atoms with Crippen molar-refractivity contribution in [3.05, 3.63) is 29.3 Å². The second-order valence-corrected chi connectivity index (χ2v) is 10.3. The van der Waals surface area contributed by atoms with Crippen LogP contribution >= 0.6 is 0 Å². The van der Waals surface area contributed by atoms with Crippen LogP contribution in [0.2, 0.25) is 0 Å². The highest BCUT2D eigenvalue weighted by molar-refractivity contribution is 5.86. The Morgan fingerprint density at radius 3 is 2.62 bits per heavy atom. The average molecular weight is 443 g/mol. The van der Waals surface area contributed by atoms with Crippen molar-refractivity contribution >= 4 is 17.6 Å². The molecule has 0 amide bonds. The number of benzene rings is 1. The molecule has 1 aliphatic carbocycles. The number of likely N-dealkylation sites (N-methyl/N-ethyl adjacent to an activating group) is 1. The Labute approximate surface area is 189 Å². The van der Waals surface area contributed by atoms with Crippen molar-refractivity contribution in [2.24, 2.45) is 5.41 Å². The molecule has 1 spiro atoms. The normalized spacial score (nSPS) is 39.8. The molecule has 3 aliphatic heterocycles. The summed E-state index contributed by atoms with van der Waals surface area (Å²) in [6.45, 7) is 7.39. The van der Waals surface area contributed by atoms with Crippen molar-refractivity contribution in [3.8, 4) is 0 Å². The van der Waals surface area contributed by atoms with E-state index in [1.165, 1.54) is 19.6 Å². The largest absolute Gasteiger partial charge is 0.467 e. The van der Waals surface area contributed by atoms with Crippen molar-refractivity contribution in [1.82, 2.24) is 4.90 Å². The van der Waals surface area contributed by atoms with E-state index in [4.69, 9.17) is 9.47 Å². The second kappa shape index (κ2) is 6.94. The number of anilines is 1. The molecule has 6 atom stereocenters. The molecule has 3 heterocycles. The van der Waals surface area contributed by atoms with Gasteiger partial charge in [-0.05, 0) is 62.9 Å². The van der Waals surface area contributed by atoms with Gasteiger partial charge in [0.1, 0.15) is 0 Å². The number of fused-ring (bicyclic) bond motifs is 1. The van der Waals surface area contributed by atoms with E-state index in [0.29, 0.717) is 6.42 Å². The summed E-state index contributed by atoms with van der Waals surface area (Å²) >= 11 is 0. The van der Waals surface area contributed by atoms with E-state index in [9.17, 15) is 14.7 Å². The fourth-order valence-corrected chi connectivity index (χ4v) is 8.17. The van der Waals surface area contributed by atoms with E-state index in [1.54, 1.807) is 0 Å². The molecule has 3 fully saturated rings. The molecule has 1 saturated carbocycles. The predicted octanol–water partition coefficient (Wildman–Crippen LogP) is 2.17. The smallest absolute Gasteiger partial charge is 0.344 e. The highest BCUT2D eigenvalue weighted by Crippen LogP contribution is 2.68. The first-order valence-electron chi connectivity index (χ1n) is 11.7. The third-order valence-electron chi connectivity index (χ3n) is 9.00. The highest BCUT2D eigenvalue weighted by Gasteiger charge is 2.80. The Bertz CT molecular complexity index is 981. The topological polar surface area (TPSA) is 79.3 Å². The molecule has 32 heavy (non-hydrogen) atoms. The first-order chi connectivity index (χ1) is 15.2. The lowest BCUT2D eigenvalue weighted by Crippen LogP contribution is -2.82. The summed E-state index contributed by atoms with van der Waals surface area (Å²) in [6.07, 6.45) is 2.30.